The SMILES string of the molecule is CC(=O)N1CCc2cc(N3C[C@@H](C(=O)N4CCN(C5CCCCC5)CC4)CC3=O)ccc21. The van der Waals surface area contributed by atoms with Gasteiger partial charge in [0.05, 0.1) is 5.92 Å². The Hall–Kier alpha value is -2.41. The van der Waals surface area contributed by atoms with Crippen molar-refractivity contribution < 1.29 is 14.4 Å². The maximum absolute atomic E-state index is 13.2. The Morgan fingerprint density at radius 2 is 1.72 bits per heavy atom. The number of hydrogen-bond acceptors (Lipinski definition) is 4. The van der Waals surface area contributed by atoms with Gasteiger partial charge in [-0.05, 0) is 43.0 Å². The summed E-state index contributed by atoms with van der Waals surface area (Å²) in [5.74, 6) is -0.0627. The average Bonchev–Trinajstić information content (AvgIpc) is 3.42. The van der Waals surface area contributed by atoms with Gasteiger partial charge in [-0.3, -0.25) is 19.3 Å². The van der Waals surface area contributed by atoms with Gasteiger partial charge in [-0.2, -0.15) is 0 Å². The van der Waals surface area contributed by atoms with E-state index in [1.54, 1.807) is 16.7 Å². The number of piperazine rings is 1. The molecule has 172 valence electrons. The monoisotopic (exact) mass is 438 g/mol. The molecule has 0 spiro atoms. The number of carbonyl (C=O) groups is 3. The minimum absolute atomic E-state index is 0.0190. The Morgan fingerprint density at radius 1 is 0.969 bits per heavy atom. The molecule has 0 unspecified atom stereocenters. The molecule has 32 heavy (non-hydrogen) atoms. The minimum Gasteiger partial charge on any atom is -0.340 e. The molecule has 1 aromatic rings. The van der Waals surface area contributed by atoms with E-state index >= 15 is 0 Å². The minimum atomic E-state index is -0.259. The van der Waals surface area contributed by atoms with Crippen LogP contribution in [0.4, 0.5) is 11.4 Å². The molecule has 3 aliphatic heterocycles. The van der Waals surface area contributed by atoms with Crippen molar-refractivity contribution in [3.05, 3.63) is 23.8 Å². The van der Waals surface area contributed by atoms with E-state index in [1.165, 1.54) is 32.1 Å². The van der Waals surface area contributed by atoms with E-state index in [0.717, 1.165) is 49.5 Å². The zero-order valence-electron chi connectivity index (χ0n) is 19.1. The Labute approximate surface area is 190 Å². The molecule has 4 aliphatic rings. The van der Waals surface area contributed by atoms with E-state index in [-0.39, 0.29) is 23.6 Å². The molecule has 0 radical (unpaired) electrons. The molecule has 2 saturated heterocycles. The van der Waals surface area contributed by atoms with E-state index in [4.69, 9.17) is 0 Å². The van der Waals surface area contributed by atoms with Gasteiger partial charge in [-0.1, -0.05) is 19.3 Å². The lowest BCUT2D eigenvalue weighted by atomic mass is 9.93. The van der Waals surface area contributed by atoms with Crippen LogP contribution >= 0.6 is 0 Å². The largest absolute Gasteiger partial charge is 0.340 e. The van der Waals surface area contributed by atoms with Crippen molar-refractivity contribution in [3.8, 4) is 0 Å². The fourth-order valence-corrected chi connectivity index (χ4v) is 6.02. The molecule has 0 bridgehead atoms. The van der Waals surface area contributed by atoms with Crippen molar-refractivity contribution in [2.45, 2.75) is 57.9 Å². The summed E-state index contributed by atoms with van der Waals surface area (Å²) < 4.78 is 0. The smallest absolute Gasteiger partial charge is 0.228 e. The highest BCUT2D eigenvalue weighted by Gasteiger charge is 2.39. The number of benzene rings is 1. The maximum atomic E-state index is 13.2. The van der Waals surface area contributed by atoms with Crippen molar-refractivity contribution in [3.63, 3.8) is 0 Å². The van der Waals surface area contributed by atoms with Gasteiger partial charge >= 0.3 is 0 Å². The lowest BCUT2D eigenvalue weighted by molar-refractivity contribution is -0.138. The number of nitrogens with zero attached hydrogens (tertiary/aromatic N) is 4. The molecule has 1 atom stereocenters. The van der Waals surface area contributed by atoms with Gasteiger partial charge in [-0.25, -0.2) is 0 Å². The first kappa shape index (κ1) is 21.4. The van der Waals surface area contributed by atoms with Crippen LogP contribution in [0.15, 0.2) is 18.2 Å². The number of hydrogen-bond donors (Lipinski definition) is 0. The summed E-state index contributed by atoms with van der Waals surface area (Å²) in [5, 5.41) is 0. The second-order valence-corrected chi connectivity index (χ2v) is 9.79. The van der Waals surface area contributed by atoms with Gasteiger partial charge in [0.1, 0.15) is 0 Å². The Bertz CT molecular complexity index is 902. The zero-order valence-corrected chi connectivity index (χ0v) is 19.1. The third-order valence-electron chi connectivity index (χ3n) is 7.84. The predicted octanol–water partition coefficient (Wildman–Crippen LogP) is 2.43. The molecule has 3 fully saturated rings. The van der Waals surface area contributed by atoms with Crippen LogP contribution in [0.5, 0.6) is 0 Å². The highest BCUT2D eigenvalue weighted by molar-refractivity contribution is 6.01. The van der Waals surface area contributed by atoms with Crippen LogP contribution in [0, 0.1) is 5.92 Å². The number of anilines is 2. The Kier molecular flexibility index (Phi) is 5.93. The van der Waals surface area contributed by atoms with Gasteiger partial charge in [0, 0.05) is 70.0 Å². The summed E-state index contributed by atoms with van der Waals surface area (Å²) in [6, 6.07) is 6.56. The fraction of sp³-hybridized carbons (Fsp3) is 0.640. The second kappa shape index (κ2) is 8.85. The van der Waals surface area contributed by atoms with E-state index < -0.39 is 0 Å². The number of amides is 3. The van der Waals surface area contributed by atoms with Crippen LogP contribution in [-0.4, -0.2) is 72.8 Å². The van der Waals surface area contributed by atoms with Crippen molar-refractivity contribution in [2.24, 2.45) is 5.92 Å². The lowest BCUT2D eigenvalue weighted by Gasteiger charge is -2.41. The van der Waals surface area contributed by atoms with Crippen molar-refractivity contribution in [2.75, 3.05) is 49.1 Å². The van der Waals surface area contributed by atoms with Crippen LogP contribution in [0.3, 0.4) is 0 Å². The van der Waals surface area contributed by atoms with E-state index in [9.17, 15) is 14.4 Å². The molecule has 1 aromatic carbocycles. The highest BCUT2D eigenvalue weighted by atomic mass is 16.2. The van der Waals surface area contributed by atoms with Crippen molar-refractivity contribution in [1.29, 1.82) is 0 Å². The quantitative estimate of drug-likeness (QED) is 0.727. The van der Waals surface area contributed by atoms with Crippen molar-refractivity contribution in [1.82, 2.24) is 9.80 Å². The summed E-state index contributed by atoms with van der Waals surface area (Å²) in [6.07, 6.45) is 7.71. The van der Waals surface area contributed by atoms with Gasteiger partial charge in [0.15, 0.2) is 0 Å². The first-order valence-electron chi connectivity index (χ1n) is 12.3. The van der Waals surface area contributed by atoms with E-state index in [0.29, 0.717) is 25.6 Å². The summed E-state index contributed by atoms with van der Waals surface area (Å²) in [4.78, 5) is 45.9. The van der Waals surface area contributed by atoms with Crippen LogP contribution in [0.1, 0.15) is 51.0 Å². The summed E-state index contributed by atoms with van der Waals surface area (Å²) >= 11 is 0. The molecular weight excluding hydrogens is 404 g/mol. The molecule has 7 nitrogen and oxygen atoms in total. The van der Waals surface area contributed by atoms with Crippen LogP contribution in [-0.2, 0) is 20.8 Å². The molecule has 7 heteroatoms. The Morgan fingerprint density at radius 3 is 2.44 bits per heavy atom. The predicted molar refractivity (Wildman–Crippen MR) is 124 cm³/mol. The molecule has 3 amide bonds. The van der Waals surface area contributed by atoms with Crippen LogP contribution in [0.25, 0.3) is 0 Å². The van der Waals surface area contributed by atoms with Gasteiger partial charge in [0.25, 0.3) is 0 Å². The third kappa shape index (κ3) is 4.03. The second-order valence-electron chi connectivity index (χ2n) is 9.79. The molecule has 3 heterocycles. The summed E-state index contributed by atoms with van der Waals surface area (Å²) in [7, 11) is 0. The van der Waals surface area contributed by atoms with Gasteiger partial charge < -0.3 is 14.7 Å². The number of carbonyl (C=O) groups excluding carboxylic acids is 3. The van der Waals surface area contributed by atoms with Gasteiger partial charge in [0.2, 0.25) is 17.7 Å². The average molecular weight is 439 g/mol. The zero-order chi connectivity index (χ0) is 22.2. The molecule has 0 N–H and O–H groups in total. The van der Waals surface area contributed by atoms with E-state index in [1.807, 2.05) is 23.1 Å². The van der Waals surface area contributed by atoms with Gasteiger partial charge in [-0.15, -0.1) is 0 Å². The molecule has 1 aliphatic carbocycles. The molecule has 1 saturated carbocycles. The number of rotatable bonds is 3. The third-order valence-corrected chi connectivity index (χ3v) is 7.84. The standard InChI is InChI=1S/C25H34N4O3/c1-18(30)28-10-9-19-15-22(7-8-23(19)28)29-17-20(16-24(29)31)25(32)27-13-11-26(12-14-27)21-5-3-2-4-6-21/h7-8,15,20-21H,2-6,9-14,16-17H2,1H3/t20-/m0/s1. The molecule has 5 rings (SSSR count). The first-order chi connectivity index (χ1) is 15.5. The molecule has 0 aromatic heterocycles. The van der Waals surface area contributed by atoms with E-state index in [2.05, 4.69) is 4.90 Å². The normalized spacial score (nSPS) is 24.8. The maximum Gasteiger partial charge on any atom is 0.228 e. The fourth-order valence-electron chi connectivity index (χ4n) is 6.02. The topological polar surface area (TPSA) is 64.2 Å². The summed E-state index contributed by atoms with van der Waals surface area (Å²) in [5.41, 5.74) is 2.88. The highest BCUT2D eigenvalue weighted by Crippen LogP contribution is 2.34. The number of fused-ring (bicyclic) bond motifs is 1. The van der Waals surface area contributed by atoms with Crippen molar-refractivity contribution >= 4 is 29.1 Å². The van der Waals surface area contributed by atoms with Crippen LogP contribution < -0.4 is 9.80 Å². The first-order valence-corrected chi connectivity index (χ1v) is 12.3. The Balaban J connectivity index is 1.20. The van der Waals surface area contributed by atoms with Crippen LogP contribution in [0.2, 0.25) is 0 Å². The summed E-state index contributed by atoms with van der Waals surface area (Å²) in [6.45, 7) is 6.19. The lowest BCUT2D eigenvalue weighted by Crippen LogP contribution is -2.53. The molecular formula is C25H34N4O3.